The lowest BCUT2D eigenvalue weighted by molar-refractivity contribution is 0.0493. The molecule has 0 aromatic heterocycles. The number of likely N-dealkylation sites (N-methyl/N-ethyl adjacent to an activating group) is 1. The summed E-state index contributed by atoms with van der Waals surface area (Å²) in [6, 6.07) is 3.77. The third kappa shape index (κ3) is 3.91. The van der Waals surface area contributed by atoms with E-state index in [4.69, 9.17) is 4.74 Å². The topological polar surface area (TPSA) is 49.9 Å². The van der Waals surface area contributed by atoms with Gasteiger partial charge in [0.05, 0.1) is 17.7 Å². The molecule has 1 aliphatic rings. The molecule has 0 radical (unpaired) electrons. The maximum atomic E-state index is 13.0. The Hall–Kier alpha value is -1.88. The Kier molecular flexibility index (Phi) is 5.77. The summed E-state index contributed by atoms with van der Waals surface area (Å²) in [7, 11) is 2.05. The number of nitrogens with zero attached hydrogens (tertiary/aromatic N) is 2. The van der Waals surface area contributed by atoms with Gasteiger partial charge in [-0.15, -0.1) is 0 Å². The molecular weight excluding hydrogens is 292 g/mol. The molecule has 0 saturated carbocycles. The van der Waals surface area contributed by atoms with Gasteiger partial charge in [0.1, 0.15) is 0 Å². The standard InChI is InChI=1S/C18H26N2O3/c1-5-12-23-18(22)16-14(3)7-6-13(2)15(16)17(21)20-10-8-19(4)9-11-20/h6-7H,5,8-12H2,1-4H3. The van der Waals surface area contributed by atoms with E-state index in [9.17, 15) is 9.59 Å². The van der Waals surface area contributed by atoms with Crippen molar-refractivity contribution in [2.75, 3.05) is 39.8 Å². The summed E-state index contributed by atoms with van der Waals surface area (Å²) in [5, 5.41) is 0. The minimum Gasteiger partial charge on any atom is -0.462 e. The summed E-state index contributed by atoms with van der Waals surface area (Å²) in [6.07, 6.45) is 0.762. The predicted octanol–water partition coefficient (Wildman–Crippen LogP) is 2.26. The fraction of sp³-hybridized carbons (Fsp3) is 0.556. The molecule has 2 rings (SSSR count). The first-order chi connectivity index (χ1) is 11.0. The normalized spacial score (nSPS) is 15.6. The van der Waals surface area contributed by atoms with Crippen LogP contribution in [0.2, 0.25) is 0 Å². The van der Waals surface area contributed by atoms with Gasteiger partial charge in [-0.2, -0.15) is 0 Å². The Morgan fingerprint density at radius 3 is 2.17 bits per heavy atom. The molecule has 1 fully saturated rings. The molecule has 1 aliphatic heterocycles. The Morgan fingerprint density at radius 2 is 1.61 bits per heavy atom. The first kappa shape index (κ1) is 17.5. The van der Waals surface area contributed by atoms with Gasteiger partial charge in [-0.25, -0.2) is 4.79 Å². The minimum absolute atomic E-state index is 0.0669. The van der Waals surface area contributed by atoms with Crippen LogP contribution in [0.3, 0.4) is 0 Å². The molecule has 0 spiro atoms. The molecule has 5 nitrogen and oxygen atoms in total. The lowest BCUT2D eigenvalue weighted by Crippen LogP contribution is -2.47. The highest BCUT2D eigenvalue weighted by Gasteiger charge is 2.27. The van der Waals surface area contributed by atoms with Crippen molar-refractivity contribution in [1.82, 2.24) is 9.80 Å². The summed E-state index contributed by atoms with van der Waals surface area (Å²) in [5.41, 5.74) is 2.52. The summed E-state index contributed by atoms with van der Waals surface area (Å²) in [5.74, 6) is -0.465. The molecule has 23 heavy (non-hydrogen) atoms. The van der Waals surface area contributed by atoms with Crippen LogP contribution in [0.15, 0.2) is 12.1 Å². The van der Waals surface area contributed by atoms with Crippen molar-refractivity contribution >= 4 is 11.9 Å². The van der Waals surface area contributed by atoms with E-state index in [0.717, 1.165) is 30.6 Å². The molecule has 0 aliphatic carbocycles. The van der Waals surface area contributed by atoms with Gasteiger partial charge in [-0.1, -0.05) is 19.1 Å². The van der Waals surface area contributed by atoms with Gasteiger partial charge >= 0.3 is 5.97 Å². The number of piperazine rings is 1. The summed E-state index contributed by atoms with van der Waals surface area (Å²) < 4.78 is 5.29. The highest BCUT2D eigenvalue weighted by molar-refractivity contribution is 6.07. The Morgan fingerprint density at radius 1 is 1.04 bits per heavy atom. The monoisotopic (exact) mass is 318 g/mol. The van der Waals surface area contributed by atoms with Crippen molar-refractivity contribution in [2.24, 2.45) is 0 Å². The van der Waals surface area contributed by atoms with Crippen LogP contribution in [0.5, 0.6) is 0 Å². The highest BCUT2D eigenvalue weighted by atomic mass is 16.5. The van der Waals surface area contributed by atoms with Crippen LogP contribution >= 0.6 is 0 Å². The van der Waals surface area contributed by atoms with Gasteiger partial charge in [-0.05, 0) is 38.4 Å². The second kappa shape index (κ2) is 7.59. The SMILES string of the molecule is CCCOC(=O)c1c(C)ccc(C)c1C(=O)N1CCN(C)CC1. The molecular formula is C18H26N2O3. The van der Waals surface area contributed by atoms with Crippen molar-refractivity contribution in [2.45, 2.75) is 27.2 Å². The molecule has 1 amide bonds. The van der Waals surface area contributed by atoms with Gasteiger partial charge in [0.2, 0.25) is 0 Å². The third-order valence-corrected chi connectivity index (χ3v) is 4.27. The van der Waals surface area contributed by atoms with Crippen LogP contribution in [0.25, 0.3) is 0 Å². The first-order valence-corrected chi connectivity index (χ1v) is 8.20. The van der Waals surface area contributed by atoms with E-state index >= 15 is 0 Å². The summed E-state index contributed by atoms with van der Waals surface area (Å²) in [4.78, 5) is 29.4. The van der Waals surface area contributed by atoms with Crippen molar-refractivity contribution in [3.63, 3.8) is 0 Å². The minimum atomic E-state index is -0.398. The van der Waals surface area contributed by atoms with E-state index in [-0.39, 0.29) is 5.91 Å². The number of benzene rings is 1. The molecule has 0 atom stereocenters. The molecule has 1 heterocycles. The fourth-order valence-electron chi connectivity index (χ4n) is 2.78. The number of hydrogen-bond donors (Lipinski definition) is 0. The number of esters is 1. The maximum Gasteiger partial charge on any atom is 0.339 e. The van der Waals surface area contributed by atoms with Crippen molar-refractivity contribution in [3.05, 3.63) is 34.4 Å². The molecule has 126 valence electrons. The number of amides is 1. The van der Waals surface area contributed by atoms with E-state index < -0.39 is 5.97 Å². The van der Waals surface area contributed by atoms with E-state index in [1.165, 1.54) is 0 Å². The number of carbonyl (C=O) groups excluding carboxylic acids is 2. The second-order valence-electron chi connectivity index (χ2n) is 6.18. The van der Waals surface area contributed by atoms with Gasteiger partial charge < -0.3 is 14.5 Å². The molecule has 1 saturated heterocycles. The van der Waals surface area contributed by atoms with Crippen LogP contribution < -0.4 is 0 Å². The zero-order chi connectivity index (χ0) is 17.0. The van der Waals surface area contributed by atoms with Gasteiger partial charge in [0, 0.05) is 26.2 Å². The summed E-state index contributed by atoms with van der Waals surface area (Å²) in [6.45, 7) is 9.12. The lowest BCUT2D eigenvalue weighted by Gasteiger charge is -2.33. The maximum absolute atomic E-state index is 13.0. The zero-order valence-electron chi connectivity index (χ0n) is 14.5. The Labute approximate surface area is 138 Å². The van der Waals surface area contributed by atoms with E-state index in [0.29, 0.717) is 30.8 Å². The number of carbonyl (C=O) groups is 2. The number of rotatable bonds is 4. The van der Waals surface area contributed by atoms with Crippen molar-refractivity contribution in [1.29, 1.82) is 0 Å². The second-order valence-corrected chi connectivity index (χ2v) is 6.18. The smallest absolute Gasteiger partial charge is 0.339 e. The predicted molar refractivity (Wildman–Crippen MR) is 89.9 cm³/mol. The van der Waals surface area contributed by atoms with Crippen LogP contribution in [0.1, 0.15) is 45.2 Å². The highest BCUT2D eigenvalue weighted by Crippen LogP contribution is 2.22. The number of ether oxygens (including phenoxy) is 1. The lowest BCUT2D eigenvalue weighted by atomic mass is 9.96. The van der Waals surface area contributed by atoms with Crippen LogP contribution in [0.4, 0.5) is 0 Å². The number of aryl methyl sites for hydroxylation is 2. The molecule has 0 N–H and O–H groups in total. The van der Waals surface area contributed by atoms with Crippen LogP contribution in [0, 0.1) is 13.8 Å². The average Bonchev–Trinajstić information content (AvgIpc) is 2.54. The van der Waals surface area contributed by atoms with E-state index in [2.05, 4.69) is 4.90 Å². The number of hydrogen-bond acceptors (Lipinski definition) is 4. The zero-order valence-corrected chi connectivity index (χ0v) is 14.5. The largest absolute Gasteiger partial charge is 0.462 e. The van der Waals surface area contributed by atoms with Gasteiger partial charge in [-0.3, -0.25) is 4.79 Å². The molecule has 5 heteroatoms. The van der Waals surface area contributed by atoms with Crippen LogP contribution in [-0.4, -0.2) is 61.5 Å². The van der Waals surface area contributed by atoms with Gasteiger partial charge in [0.15, 0.2) is 0 Å². The Balaban J connectivity index is 2.34. The Bertz CT molecular complexity index is 590. The molecule has 1 aromatic rings. The fourth-order valence-corrected chi connectivity index (χ4v) is 2.78. The first-order valence-electron chi connectivity index (χ1n) is 8.20. The average molecular weight is 318 g/mol. The molecule has 0 bridgehead atoms. The quantitative estimate of drug-likeness (QED) is 0.799. The summed E-state index contributed by atoms with van der Waals surface area (Å²) >= 11 is 0. The van der Waals surface area contributed by atoms with E-state index in [1.54, 1.807) is 0 Å². The van der Waals surface area contributed by atoms with Crippen molar-refractivity contribution < 1.29 is 14.3 Å². The van der Waals surface area contributed by atoms with E-state index in [1.807, 2.05) is 44.9 Å². The molecule has 1 aromatic carbocycles. The third-order valence-electron chi connectivity index (χ3n) is 4.27. The van der Waals surface area contributed by atoms with Gasteiger partial charge in [0.25, 0.3) is 5.91 Å². The molecule has 0 unspecified atom stereocenters. The van der Waals surface area contributed by atoms with Crippen molar-refractivity contribution in [3.8, 4) is 0 Å². The van der Waals surface area contributed by atoms with Crippen LogP contribution in [-0.2, 0) is 4.74 Å².